The molecule has 1 N–H and O–H groups in total. The van der Waals surface area contributed by atoms with E-state index >= 15 is 0 Å². The van der Waals surface area contributed by atoms with Gasteiger partial charge in [0.25, 0.3) is 5.91 Å². The molecule has 0 spiro atoms. The fourth-order valence-corrected chi connectivity index (χ4v) is 3.16. The van der Waals surface area contributed by atoms with Gasteiger partial charge in [-0.1, -0.05) is 19.9 Å². The zero-order valence-corrected chi connectivity index (χ0v) is 13.1. The molecule has 1 aliphatic rings. The fourth-order valence-electron chi connectivity index (χ4n) is 3.16. The number of nitrogens with zero attached hydrogens (tertiary/aromatic N) is 1. The molecular weight excluding hydrogens is 276 g/mol. The monoisotopic (exact) mass is 298 g/mol. The number of carbonyl (C=O) groups excluding carboxylic acids is 1. The van der Waals surface area contributed by atoms with E-state index in [1.165, 1.54) is 5.56 Å². The first kappa shape index (κ1) is 14.8. The highest BCUT2D eigenvalue weighted by atomic mass is 16.3. The van der Waals surface area contributed by atoms with Crippen molar-refractivity contribution in [3.05, 3.63) is 53.2 Å². The van der Waals surface area contributed by atoms with E-state index in [1.807, 2.05) is 12.3 Å². The van der Waals surface area contributed by atoms with Crippen LogP contribution in [-0.4, -0.2) is 17.4 Å². The van der Waals surface area contributed by atoms with Crippen LogP contribution in [-0.2, 0) is 12.8 Å². The zero-order chi connectivity index (χ0) is 15.5. The minimum absolute atomic E-state index is 0.0994. The number of furan rings is 1. The minimum atomic E-state index is -0.0994. The third-order valence-corrected chi connectivity index (χ3v) is 4.46. The van der Waals surface area contributed by atoms with E-state index in [-0.39, 0.29) is 11.8 Å². The molecule has 0 bridgehead atoms. The lowest BCUT2D eigenvalue weighted by atomic mass is 9.89. The molecule has 0 radical (unpaired) electrons. The average molecular weight is 298 g/mol. The van der Waals surface area contributed by atoms with E-state index < -0.39 is 0 Å². The van der Waals surface area contributed by atoms with Gasteiger partial charge >= 0.3 is 0 Å². The van der Waals surface area contributed by atoms with Crippen molar-refractivity contribution in [3.8, 4) is 0 Å². The largest absolute Gasteiger partial charge is 0.459 e. The van der Waals surface area contributed by atoms with Crippen LogP contribution in [0.4, 0.5) is 0 Å². The maximum absolute atomic E-state index is 12.4. The van der Waals surface area contributed by atoms with E-state index in [2.05, 4.69) is 30.2 Å². The number of amides is 1. The van der Waals surface area contributed by atoms with Crippen LogP contribution in [0.1, 0.15) is 53.4 Å². The van der Waals surface area contributed by atoms with E-state index in [4.69, 9.17) is 4.42 Å². The van der Waals surface area contributed by atoms with Crippen molar-refractivity contribution in [2.45, 2.75) is 39.0 Å². The molecule has 1 unspecified atom stereocenters. The van der Waals surface area contributed by atoms with Crippen LogP contribution in [0.5, 0.6) is 0 Å². The molecule has 4 heteroatoms. The van der Waals surface area contributed by atoms with E-state index in [0.29, 0.717) is 18.2 Å². The number of hydrogen-bond donors (Lipinski definition) is 1. The zero-order valence-electron chi connectivity index (χ0n) is 13.1. The van der Waals surface area contributed by atoms with E-state index in [9.17, 15) is 4.79 Å². The van der Waals surface area contributed by atoms with Crippen LogP contribution in [0, 0.1) is 5.92 Å². The number of pyridine rings is 1. The topological polar surface area (TPSA) is 55.1 Å². The van der Waals surface area contributed by atoms with Gasteiger partial charge < -0.3 is 9.73 Å². The molecule has 4 nitrogen and oxygen atoms in total. The van der Waals surface area contributed by atoms with Crippen molar-refractivity contribution >= 4 is 5.91 Å². The van der Waals surface area contributed by atoms with Crippen molar-refractivity contribution < 1.29 is 9.21 Å². The van der Waals surface area contributed by atoms with Crippen molar-refractivity contribution in [3.63, 3.8) is 0 Å². The van der Waals surface area contributed by atoms with Crippen LogP contribution in [0.15, 0.2) is 35.2 Å². The summed E-state index contributed by atoms with van der Waals surface area (Å²) in [6.45, 7) is 4.92. The van der Waals surface area contributed by atoms with Gasteiger partial charge in [-0.05, 0) is 42.4 Å². The van der Waals surface area contributed by atoms with Crippen molar-refractivity contribution in [2.24, 2.45) is 5.92 Å². The Bertz CT molecular complexity index is 646. The third-order valence-electron chi connectivity index (χ3n) is 4.46. The summed E-state index contributed by atoms with van der Waals surface area (Å²) in [4.78, 5) is 16.6. The predicted molar refractivity (Wildman–Crippen MR) is 84.9 cm³/mol. The maximum Gasteiger partial charge on any atom is 0.287 e. The molecular formula is C18H22N2O2. The molecule has 0 aliphatic heterocycles. The second kappa shape index (κ2) is 6.34. The number of carbonyl (C=O) groups is 1. The molecule has 2 aromatic heterocycles. The second-order valence-corrected chi connectivity index (χ2v) is 6.27. The highest BCUT2D eigenvalue weighted by Gasteiger charge is 2.24. The molecule has 0 saturated carbocycles. The molecule has 3 rings (SSSR count). The molecule has 0 fully saturated rings. The van der Waals surface area contributed by atoms with Gasteiger partial charge in [-0.15, -0.1) is 0 Å². The molecule has 2 aromatic rings. The highest BCUT2D eigenvalue weighted by molar-refractivity contribution is 5.93. The van der Waals surface area contributed by atoms with E-state index in [1.54, 1.807) is 12.5 Å². The summed E-state index contributed by atoms with van der Waals surface area (Å²) >= 11 is 0. The number of nitrogens with one attached hydrogen (secondary N) is 1. The Morgan fingerprint density at radius 1 is 1.41 bits per heavy atom. The van der Waals surface area contributed by atoms with Crippen molar-refractivity contribution in [1.82, 2.24) is 10.3 Å². The summed E-state index contributed by atoms with van der Waals surface area (Å²) in [5, 5.41) is 3.03. The Morgan fingerprint density at radius 2 is 2.27 bits per heavy atom. The van der Waals surface area contributed by atoms with Gasteiger partial charge in [0.15, 0.2) is 5.76 Å². The molecule has 1 aliphatic carbocycles. The van der Waals surface area contributed by atoms with Crippen molar-refractivity contribution in [1.29, 1.82) is 0 Å². The normalized spacial score (nSPS) is 14.9. The third kappa shape index (κ3) is 2.91. The maximum atomic E-state index is 12.4. The lowest BCUT2D eigenvalue weighted by molar-refractivity contribution is 0.0920. The summed E-state index contributed by atoms with van der Waals surface area (Å²) in [5.41, 5.74) is 3.44. The number of hydrogen-bond acceptors (Lipinski definition) is 3. The fraction of sp³-hybridized carbons (Fsp3) is 0.444. The quantitative estimate of drug-likeness (QED) is 0.921. The van der Waals surface area contributed by atoms with Crippen molar-refractivity contribution in [2.75, 3.05) is 6.54 Å². The molecule has 116 valence electrons. The molecule has 2 heterocycles. The first-order chi connectivity index (χ1) is 10.7. The Balaban J connectivity index is 1.68. The summed E-state index contributed by atoms with van der Waals surface area (Å²) in [5.74, 6) is 1.08. The Kier molecular flexibility index (Phi) is 4.27. The van der Waals surface area contributed by atoms with Crippen LogP contribution in [0.25, 0.3) is 0 Å². The Hall–Kier alpha value is -2.10. The van der Waals surface area contributed by atoms with Gasteiger partial charge in [0.05, 0.1) is 6.26 Å². The SMILES string of the molecule is CC(C)C(CNC(=O)c1occ2c1CCC2)c1cccnc1. The molecule has 1 atom stereocenters. The molecule has 0 aromatic carbocycles. The Morgan fingerprint density at radius 3 is 3.00 bits per heavy atom. The molecule has 0 saturated heterocycles. The van der Waals surface area contributed by atoms with Gasteiger partial charge in [0.2, 0.25) is 0 Å². The van der Waals surface area contributed by atoms with Gasteiger partial charge in [0.1, 0.15) is 0 Å². The van der Waals surface area contributed by atoms with Gasteiger partial charge in [-0.3, -0.25) is 9.78 Å². The summed E-state index contributed by atoms with van der Waals surface area (Å²) < 4.78 is 5.47. The average Bonchev–Trinajstić information content (AvgIpc) is 3.10. The smallest absolute Gasteiger partial charge is 0.287 e. The van der Waals surface area contributed by atoms with Crippen LogP contribution in [0.2, 0.25) is 0 Å². The predicted octanol–water partition coefficient (Wildman–Crippen LogP) is 3.33. The lowest BCUT2D eigenvalue weighted by Gasteiger charge is -2.21. The Labute approximate surface area is 130 Å². The summed E-state index contributed by atoms with van der Waals surface area (Å²) in [6.07, 6.45) is 8.47. The van der Waals surface area contributed by atoms with Gasteiger partial charge in [-0.2, -0.15) is 0 Å². The molecule has 1 amide bonds. The van der Waals surface area contributed by atoms with Gasteiger partial charge in [-0.25, -0.2) is 0 Å². The van der Waals surface area contributed by atoms with Gasteiger partial charge in [0, 0.05) is 30.4 Å². The number of rotatable bonds is 5. The summed E-state index contributed by atoms with van der Waals surface area (Å²) in [7, 11) is 0. The molecule has 22 heavy (non-hydrogen) atoms. The summed E-state index contributed by atoms with van der Waals surface area (Å²) in [6, 6.07) is 4.00. The van der Waals surface area contributed by atoms with Crippen LogP contribution in [0.3, 0.4) is 0 Å². The number of aryl methyl sites for hydroxylation is 1. The number of fused-ring (bicyclic) bond motifs is 1. The second-order valence-electron chi connectivity index (χ2n) is 6.27. The van der Waals surface area contributed by atoms with E-state index in [0.717, 1.165) is 30.4 Å². The highest BCUT2D eigenvalue weighted by Crippen LogP contribution is 2.27. The van der Waals surface area contributed by atoms with Crippen LogP contribution < -0.4 is 5.32 Å². The first-order valence-electron chi connectivity index (χ1n) is 7.94. The van der Waals surface area contributed by atoms with Crippen LogP contribution >= 0.6 is 0 Å². The minimum Gasteiger partial charge on any atom is -0.459 e. The first-order valence-corrected chi connectivity index (χ1v) is 7.94. The lowest BCUT2D eigenvalue weighted by Crippen LogP contribution is -2.30. The number of aromatic nitrogens is 1. The standard InChI is InChI=1S/C18H22N2O2/c1-12(2)16(13-6-4-8-19-9-13)10-20-18(21)17-15-7-3-5-14(15)11-22-17/h4,6,8-9,11-12,16H,3,5,7,10H2,1-2H3,(H,20,21).